The van der Waals surface area contributed by atoms with Crippen molar-refractivity contribution in [3.63, 3.8) is 0 Å². The summed E-state index contributed by atoms with van der Waals surface area (Å²) in [6.45, 7) is 0. The van der Waals surface area contributed by atoms with Gasteiger partial charge in [0.1, 0.15) is 0 Å². The minimum atomic E-state index is 0.399. The zero-order valence-corrected chi connectivity index (χ0v) is 14.2. The van der Waals surface area contributed by atoms with Gasteiger partial charge in [-0.2, -0.15) is 0 Å². The summed E-state index contributed by atoms with van der Waals surface area (Å²) in [7, 11) is 0. The van der Waals surface area contributed by atoms with Crippen molar-refractivity contribution in [3.05, 3.63) is 56.7 Å². The number of benzene rings is 1. The quantitative estimate of drug-likeness (QED) is 0.445. The minimum Gasteiger partial charge on any atom is -0.143 e. The molecule has 18 heavy (non-hydrogen) atoms. The Morgan fingerprint density at radius 3 is 2.78 bits per heavy atom. The first kappa shape index (κ1) is 12.9. The normalized spacial score (nSPS) is 13.0. The molecule has 4 heteroatoms. The highest BCUT2D eigenvalue weighted by Gasteiger charge is 2.12. The zero-order valence-electron chi connectivity index (χ0n) is 9.40. The summed E-state index contributed by atoms with van der Waals surface area (Å²) >= 11 is 11.0. The molecular weight excluding hydrogens is 392 g/mol. The van der Waals surface area contributed by atoms with Gasteiger partial charge in [-0.1, -0.05) is 44.0 Å². The zero-order chi connectivity index (χ0) is 12.5. The molecule has 1 aromatic carbocycles. The molecule has 0 aliphatic rings. The average Bonchev–Trinajstić information content (AvgIpc) is 2.88. The lowest BCUT2D eigenvalue weighted by Gasteiger charge is -2.07. The highest BCUT2D eigenvalue weighted by molar-refractivity contribution is 9.10. The molecule has 0 fully saturated rings. The first-order valence-electron chi connectivity index (χ1n) is 5.58. The summed E-state index contributed by atoms with van der Waals surface area (Å²) in [4.78, 5) is 1.81. The van der Waals surface area contributed by atoms with Gasteiger partial charge in [-0.3, -0.25) is 0 Å². The van der Waals surface area contributed by atoms with Gasteiger partial charge >= 0.3 is 0 Å². The minimum absolute atomic E-state index is 0.399. The third-order valence-corrected chi connectivity index (χ3v) is 6.59. The van der Waals surface area contributed by atoms with E-state index < -0.39 is 0 Å². The van der Waals surface area contributed by atoms with Crippen LogP contribution in [0, 0.1) is 0 Å². The molecule has 0 amide bonds. The van der Waals surface area contributed by atoms with E-state index in [0.717, 1.165) is 10.9 Å². The monoisotopic (exact) mass is 400 g/mol. The maximum Gasteiger partial charge on any atom is 0.0530 e. The third-order valence-electron chi connectivity index (χ3n) is 2.77. The molecule has 92 valence electrons. The summed E-state index contributed by atoms with van der Waals surface area (Å²) in [5.41, 5.74) is 1.35. The lowest BCUT2D eigenvalue weighted by Crippen LogP contribution is -1.92. The van der Waals surface area contributed by atoms with Gasteiger partial charge in [0.2, 0.25) is 0 Å². The number of alkyl halides is 1. The molecule has 0 saturated carbocycles. The van der Waals surface area contributed by atoms with Crippen molar-refractivity contribution in [3.8, 4) is 0 Å². The molecule has 0 aliphatic heterocycles. The molecule has 0 aliphatic carbocycles. The van der Waals surface area contributed by atoms with E-state index in [0.29, 0.717) is 4.83 Å². The van der Waals surface area contributed by atoms with E-state index in [-0.39, 0.29) is 0 Å². The van der Waals surface area contributed by atoms with Crippen molar-refractivity contribution < 1.29 is 0 Å². The Kier molecular flexibility index (Phi) is 3.89. The van der Waals surface area contributed by atoms with Crippen LogP contribution in [0.5, 0.6) is 0 Å². The predicted molar refractivity (Wildman–Crippen MR) is 89.2 cm³/mol. The van der Waals surface area contributed by atoms with Crippen LogP contribution in [-0.4, -0.2) is 0 Å². The van der Waals surface area contributed by atoms with Crippen LogP contribution in [0.3, 0.4) is 0 Å². The van der Waals surface area contributed by atoms with Crippen LogP contribution in [0.1, 0.15) is 15.3 Å². The molecule has 0 N–H and O–H groups in total. The van der Waals surface area contributed by atoms with Crippen LogP contribution in [0.2, 0.25) is 0 Å². The second kappa shape index (κ2) is 5.45. The van der Waals surface area contributed by atoms with Gasteiger partial charge in [-0.25, -0.2) is 0 Å². The van der Waals surface area contributed by atoms with Crippen LogP contribution in [0.15, 0.2) is 46.3 Å². The highest BCUT2D eigenvalue weighted by Crippen LogP contribution is 2.38. The van der Waals surface area contributed by atoms with Crippen molar-refractivity contribution >= 4 is 63.9 Å². The van der Waals surface area contributed by atoms with E-state index in [4.69, 9.17) is 0 Å². The van der Waals surface area contributed by atoms with Gasteiger partial charge in [0, 0.05) is 18.7 Å². The Labute approximate surface area is 131 Å². The van der Waals surface area contributed by atoms with Crippen LogP contribution < -0.4 is 0 Å². The van der Waals surface area contributed by atoms with Crippen LogP contribution in [-0.2, 0) is 6.42 Å². The SMILES string of the molecule is Brc1cccc(CC(Br)c2cc3sccc3s2)c1. The molecule has 3 aromatic rings. The van der Waals surface area contributed by atoms with Crippen LogP contribution in [0.25, 0.3) is 9.40 Å². The van der Waals surface area contributed by atoms with Crippen molar-refractivity contribution in [2.45, 2.75) is 11.2 Å². The first-order valence-corrected chi connectivity index (χ1v) is 8.98. The second-order valence-corrected chi connectivity index (χ2v) is 8.18. The largest absolute Gasteiger partial charge is 0.143 e. The van der Waals surface area contributed by atoms with Gasteiger partial charge in [-0.05, 0) is 41.6 Å². The maximum atomic E-state index is 3.81. The molecule has 3 rings (SSSR count). The van der Waals surface area contributed by atoms with Gasteiger partial charge in [0.25, 0.3) is 0 Å². The standard InChI is InChI=1S/C14H10Br2S2/c15-10-3-1-2-9(6-10)7-11(16)13-8-14-12(18-13)4-5-17-14/h1-6,8,11H,7H2. The fourth-order valence-corrected chi connectivity index (χ4v) is 5.24. The van der Waals surface area contributed by atoms with Crippen molar-refractivity contribution in [2.24, 2.45) is 0 Å². The van der Waals surface area contributed by atoms with E-state index in [2.05, 4.69) is 73.6 Å². The van der Waals surface area contributed by atoms with Crippen molar-refractivity contribution in [1.29, 1.82) is 0 Å². The summed E-state index contributed by atoms with van der Waals surface area (Å²) in [6, 6.07) is 13.0. The predicted octanol–water partition coefficient (Wildman–Crippen LogP) is 6.40. The maximum absolute atomic E-state index is 3.81. The molecular formula is C14H10Br2S2. The molecule has 1 unspecified atom stereocenters. The van der Waals surface area contributed by atoms with E-state index in [1.165, 1.54) is 19.8 Å². The van der Waals surface area contributed by atoms with Gasteiger partial charge in [0.05, 0.1) is 4.83 Å². The van der Waals surface area contributed by atoms with Crippen molar-refractivity contribution in [2.75, 3.05) is 0 Å². The fourth-order valence-electron chi connectivity index (χ4n) is 1.91. The summed E-state index contributed by atoms with van der Waals surface area (Å²) < 4.78 is 3.94. The lowest BCUT2D eigenvalue weighted by atomic mass is 10.1. The molecule has 0 nitrogen and oxygen atoms in total. The molecule has 0 spiro atoms. The Hall–Kier alpha value is -0.160. The van der Waals surface area contributed by atoms with E-state index in [9.17, 15) is 0 Å². The van der Waals surface area contributed by atoms with Crippen LogP contribution >= 0.6 is 54.5 Å². The topological polar surface area (TPSA) is 0 Å². The van der Waals surface area contributed by atoms with E-state index >= 15 is 0 Å². The summed E-state index contributed by atoms with van der Waals surface area (Å²) in [6.07, 6.45) is 1.02. The fraction of sp³-hybridized carbons (Fsp3) is 0.143. The second-order valence-electron chi connectivity index (χ2n) is 4.10. The third kappa shape index (κ3) is 2.72. The van der Waals surface area contributed by atoms with Crippen molar-refractivity contribution in [1.82, 2.24) is 0 Å². The Balaban J connectivity index is 1.82. The molecule has 2 aromatic heterocycles. The van der Waals surface area contributed by atoms with E-state index in [1.807, 2.05) is 22.7 Å². The summed E-state index contributed by atoms with van der Waals surface area (Å²) in [5, 5.41) is 2.16. The van der Waals surface area contributed by atoms with Gasteiger partial charge in [0.15, 0.2) is 0 Å². The number of hydrogen-bond donors (Lipinski definition) is 0. The number of halogens is 2. The molecule has 2 heterocycles. The number of fused-ring (bicyclic) bond motifs is 1. The van der Waals surface area contributed by atoms with E-state index in [1.54, 1.807) is 0 Å². The number of rotatable bonds is 3. The molecule has 0 radical (unpaired) electrons. The average molecular weight is 402 g/mol. The Bertz CT molecular complexity index is 641. The summed E-state index contributed by atoms with van der Waals surface area (Å²) in [5.74, 6) is 0. The highest BCUT2D eigenvalue weighted by atomic mass is 79.9. The lowest BCUT2D eigenvalue weighted by molar-refractivity contribution is 0.969. The smallest absolute Gasteiger partial charge is 0.0530 e. The number of hydrogen-bond acceptors (Lipinski definition) is 2. The van der Waals surface area contributed by atoms with Gasteiger partial charge < -0.3 is 0 Å². The van der Waals surface area contributed by atoms with Gasteiger partial charge in [-0.15, -0.1) is 22.7 Å². The Morgan fingerprint density at radius 2 is 2.00 bits per heavy atom. The molecule has 0 saturated heterocycles. The molecule has 0 bridgehead atoms. The first-order chi connectivity index (χ1) is 8.72. The Morgan fingerprint density at radius 1 is 1.11 bits per heavy atom. The number of thiophene rings is 2. The molecule has 1 atom stereocenters. The van der Waals surface area contributed by atoms with Crippen LogP contribution in [0.4, 0.5) is 0 Å².